The molecule has 1 N–H and O–H groups in total. The zero-order chi connectivity index (χ0) is 12.3. The van der Waals surface area contributed by atoms with Crippen molar-refractivity contribution in [2.45, 2.75) is 45.7 Å². The van der Waals surface area contributed by atoms with Gasteiger partial charge in [0, 0.05) is 44.8 Å². The molecule has 3 heteroatoms. The maximum atomic E-state index is 3.81. The van der Waals surface area contributed by atoms with Gasteiger partial charge in [0.15, 0.2) is 0 Å². The van der Waals surface area contributed by atoms with Gasteiger partial charge < -0.3 is 5.32 Å². The first-order valence-electron chi connectivity index (χ1n) is 7.46. The molecule has 2 bridgehead atoms. The summed E-state index contributed by atoms with van der Waals surface area (Å²) in [4.78, 5) is 5.37. The molecule has 3 atom stereocenters. The molecule has 100 valence electrons. The van der Waals surface area contributed by atoms with Gasteiger partial charge in [0.05, 0.1) is 0 Å². The summed E-state index contributed by atoms with van der Waals surface area (Å²) in [5.41, 5.74) is 0. The third-order valence-electron chi connectivity index (χ3n) is 4.62. The standard InChI is InChI=1S/C14H29N3/c1-4-6-15-14(12(3)5-2)13-11-16-7-9-17(13)10-8-16/h12-15H,4-11H2,1-3H3. The average Bonchev–Trinajstić information content (AvgIpc) is 2.40. The van der Waals surface area contributed by atoms with E-state index in [0.717, 1.165) is 12.0 Å². The van der Waals surface area contributed by atoms with E-state index in [1.165, 1.54) is 52.1 Å². The van der Waals surface area contributed by atoms with Gasteiger partial charge in [0.2, 0.25) is 0 Å². The molecule has 17 heavy (non-hydrogen) atoms. The molecule has 3 nitrogen and oxygen atoms in total. The van der Waals surface area contributed by atoms with E-state index >= 15 is 0 Å². The van der Waals surface area contributed by atoms with Crippen LogP contribution in [0.5, 0.6) is 0 Å². The molecule has 3 saturated heterocycles. The van der Waals surface area contributed by atoms with Gasteiger partial charge in [-0.25, -0.2) is 0 Å². The van der Waals surface area contributed by atoms with Crippen molar-refractivity contribution in [3.05, 3.63) is 0 Å². The summed E-state index contributed by atoms with van der Waals surface area (Å²) in [6, 6.07) is 1.43. The Bertz CT molecular complexity index is 224. The van der Waals surface area contributed by atoms with Crippen LogP contribution in [0.15, 0.2) is 0 Å². The van der Waals surface area contributed by atoms with Gasteiger partial charge in [0.25, 0.3) is 0 Å². The maximum absolute atomic E-state index is 3.81. The molecular weight excluding hydrogens is 210 g/mol. The highest BCUT2D eigenvalue weighted by molar-refractivity contribution is 4.96. The van der Waals surface area contributed by atoms with E-state index in [1.807, 2.05) is 0 Å². The molecule has 0 amide bonds. The summed E-state index contributed by atoms with van der Waals surface area (Å²) in [6.07, 6.45) is 2.52. The molecule has 0 saturated carbocycles. The lowest BCUT2D eigenvalue weighted by atomic mass is 9.89. The average molecular weight is 239 g/mol. The summed E-state index contributed by atoms with van der Waals surface area (Å²) in [5, 5.41) is 3.81. The van der Waals surface area contributed by atoms with Crippen molar-refractivity contribution in [1.29, 1.82) is 0 Å². The topological polar surface area (TPSA) is 18.5 Å². The number of fused-ring (bicyclic) bond motifs is 3. The second kappa shape index (κ2) is 6.17. The van der Waals surface area contributed by atoms with Gasteiger partial charge in [-0.15, -0.1) is 0 Å². The first-order chi connectivity index (χ1) is 8.26. The van der Waals surface area contributed by atoms with Gasteiger partial charge in [-0.3, -0.25) is 9.80 Å². The molecule has 0 aromatic heterocycles. The molecule has 3 aliphatic rings. The molecule has 0 aliphatic carbocycles. The Morgan fingerprint density at radius 1 is 1.18 bits per heavy atom. The van der Waals surface area contributed by atoms with Crippen molar-refractivity contribution in [2.75, 3.05) is 39.3 Å². The van der Waals surface area contributed by atoms with Gasteiger partial charge >= 0.3 is 0 Å². The van der Waals surface area contributed by atoms with Crippen molar-refractivity contribution in [3.8, 4) is 0 Å². The van der Waals surface area contributed by atoms with Crippen LogP contribution in [-0.4, -0.2) is 61.2 Å². The van der Waals surface area contributed by atoms with Gasteiger partial charge in [-0.1, -0.05) is 27.2 Å². The lowest BCUT2D eigenvalue weighted by molar-refractivity contribution is -0.0121. The minimum atomic E-state index is 0.683. The van der Waals surface area contributed by atoms with E-state index in [4.69, 9.17) is 0 Å². The van der Waals surface area contributed by atoms with Crippen LogP contribution >= 0.6 is 0 Å². The van der Waals surface area contributed by atoms with Crippen molar-refractivity contribution < 1.29 is 0 Å². The predicted molar refractivity (Wildman–Crippen MR) is 73.3 cm³/mol. The Balaban J connectivity index is 1.99. The van der Waals surface area contributed by atoms with E-state index in [0.29, 0.717) is 6.04 Å². The van der Waals surface area contributed by atoms with Gasteiger partial charge in [-0.2, -0.15) is 0 Å². The minimum Gasteiger partial charge on any atom is -0.312 e. The number of nitrogens with zero attached hydrogens (tertiary/aromatic N) is 2. The fourth-order valence-corrected chi connectivity index (χ4v) is 3.28. The quantitative estimate of drug-likeness (QED) is 0.756. The Labute approximate surface area is 107 Å². The summed E-state index contributed by atoms with van der Waals surface area (Å²) in [6.45, 7) is 14.6. The zero-order valence-corrected chi connectivity index (χ0v) is 11.8. The number of nitrogens with one attached hydrogen (secondary N) is 1. The van der Waals surface area contributed by atoms with E-state index in [9.17, 15) is 0 Å². The molecule has 3 rings (SSSR count). The molecule has 3 aliphatic heterocycles. The first kappa shape index (κ1) is 13.3. The summed E-state index contributed by atoms with van der Waals surface area (Å²) < 4.78 is 0. The second-order valence-corrected chi connectivity index (χ2v) is 5.77. The molecule has 0 aromatic rings. The zero-order valence-electron chi connectivity index (χ0n) is 11.8. The molecular formula is C14H29N3. The normalized spacial score (nSPS) is 35.8. The van der Waals surface area contributed by atoms with Crippen molar-refractivity contribution in [1.82, 2.24) is 15.1 Å². The van der Waals surface area contributed by atoms with Crippen LogP contribution in [0, 0.1) is 5.92 Å². The van der Waals surface area contributed by atoms with Crippen LogP contribution in [0.25, 0.3) is 0 Å². The fourth-order valence-electron chi connectivity index (χ4n) is 3.28. The van der Waals surface area contributed by atoms with Gasteiger partial charge in [-0.05, 0) is 18.9 Å². The van der Waals surface area contributed by atoms with Crippen LogP contribution < -0.4 is 5.32 Å². The highest BCUT2D eigenvalue weighted by atomic mass is 15.4. The molecule has 0 aromatic carbocycles. The minimum absolute atomic E-state index is 0.683. The predicted octanol–water partition coefficient (Wildman–Crippen LogP) is 1.40. The summed E-state index contributed by atoms with van der Waals surface area (Å²) >= 11 is 0. The number of piperazine rings is 3. The number of hydrogen-bond acceptors (Lipinski definition) is 3. The van der Waals surface area contributed by atoms with Crippen molar-refractivity contribution in [3.63, 3.8) is 0 Å². The van der Waals surface area contributed by atoms with Crippen LogP contribution in [0.3, 0.4) is 0 Å². The van der Waals surface area contributed by atoms with Crippen LogP contribution in [0.1, 0.15) is 33.6 Å². The van der Waals surface area contributed by atoms with E-state index in [2.05, 4.69) is 35.9 Å². The Morgan fingerprint density at radius 3 is 2.35 bits per heavy atom. The number of rotatable bonds is 6. The first-order valence-corrected chi connectivity index (χ1v) is 7.46. The lowest BCUT2D eigenvalue weighted by Crippen LogP contribution is -2.67. The van der Waals surface area contributed by atoms with Crippen molar-refractivity contribution in [2.24, 2.45) is 5.92 Å². The van der Waals surface area contributed by atoms with Crippen LogP contribution in [0.2, 0.25) is 0 Å². The van der Waals surface area contributed by atoms with E-state index in [1.54, 1.807) is 0 Å². The van der Waals surface area contributed by atoms with Crippen LogP contribution in [0.4, 0.5) is 0 Å². The van der Waals surface area contributed by atoms with E-state index in [-0.39, 0.29) is 0 Å². The second-order valence-electron chi connectivity index (χ2n) is 5.77. The molecule has 0 spiro atoms. The highest BCUT2D eigenvalue weighted by Crippen LogP contribution is 2.23. The van der Waals surface area contributed by atoms with Crippen LogP contribution in [-0.2, 0) is 0 Å². The molecule has 3 heterocycles. The lowest BCUT2D eigenvalue weighted by Gasteiger charge is -2.51. The monoisotopic (exact) mass is 239 g/mol. The molecule has 0 radical (unpaired) electrons. The number of hydrogen-bond donors (Lipinski definition) is 1. The van der Waals surface area contributed by atoms with E-state index < -0.39 is 0 Å². The molecule has 3 fully saturated rings. The smallest absolute Gasteiger partial charge is 0.0380 e. The Morgan fingerprint density at radius 2 is 1.88 bits per heavy atom. The SMILES string of the molecule is CCCNC(C(C)CC)C1CN2CCN1CC2. The maximum Gasteiger partial charge on any atom is 0.0380 e. The fraction of sp³-hybridized carbons (Fsp3) is 1.00. The summed E-state index contributed by atoms with van der Waals surface area (Å²) in [7, 11) is 0. The third kappa shape index (κ3) is 3.01. The Hall–Kier alpha value is -0.120. The Kier molecular flexibility index (Phi) is 4.83. The third-order valence-corrected chi connectivity index (χ3v) is 4.62. The molecule has 3 unspecified atom stereocenters. The largest absolute Gasteiger partial charge is 0.312 e. The van der Waals surface area contributed by atoms with Gasteiger partial charge in [0.1, 0.15) is 0 Å². The van der Waals surface area contributed by atoms with Crippen molar-refractivity contribution >= 4 is 0 Å². The summed E-state index contributed by atoms with van der Waals surface area (Å²) in [5.74, 6) is 0.784. The highest BCUT2D eigenvalue weighted by Gasteiger charge is 2.37.